The molecule has 0 aliphatic carbocycles. The number of carboxylic acid groups (broad SMARTS) is 1. The van der Waals surface area contributed by atoms with Crippen molar-refractivity contribution in [1.82, 2.24) is 0 Å². The van der Waals surface area contributed by atoms with E-state index in [0.717, 1.165) is 28.2 Å². The molecule has 0 radical (unpaired) electrons. The Labute approximate surface area is 134 Å². The quantitative estimate of drug-likeness (QED) is 0.596. The van der Waals surface area contributed by atoms with Crippen molar-refractivity contribution in [2.45, 2.75) is 30.4 Å². The highest BCUT2D eigenvalue weighted by Gasteiger charge is 2.05. The second-order valence-electron chi connectivity index (χ2n) is 4.99. The second kappa shape index (κ2) is 7.80. The Kier molecular flexibility index (Phi) is 5.78. The molecule has 22 heavy (non-hydrogen) atoms. The molecule has 2 aromatic rings. The van der Waals surface area contributed by atoms with Crippen LogP contribution in [0, 0.1) is 0 Å². The third-order valence-corrected chi connectivity index (χ3v) is 4.34. The number of benzene rings is 2. The number of carbonyl (C=O) groups excluding carboxylic acids is 1. The van der Waals surface area contributed by atoms with E-state index in [1.807, 2.05) is 43.3 Å². The average Bonchev–Trinajstić information content (AvgIpc) is 2.54. The monoisotopic (exact) mass is 314 g/mol. The number of thioether (sulfide) groups is 1. The maximum Gasteiger partial charge on any atom is 0.335 e. The van der Waals surface area contributed by atoms with Gasteiger partial charge in [-0.3, -0.25) is 4.79 Å². The molecule has 114 valence electrons. The first-order valence-corrected chi connectivity index (χ1v) is 8.17. The molecule has 2 aromatic carbocycles. The molecule has 4 heteroatoms. The molecular formula is C18H18O3S. The van der Waals surface area contributed by atoms with Gasteiger partial charge in [0.1, 0.15) is 0 Å². The highest BCUT2D eigenvalue weighted by Crippen LogP contribution is 2.23. The van der Waals surface area contributed by atoms with E-state index in [-0.39, 0.29) is 5.78 Å². The van der Waals surface area contributed by atoms with Gasteiger partial charge in [-0.25, -0.2) is 4.79 Å². The van der Waals surface area contributed by atoms with Crippen LogP contribution in [0.1, 0.15) is 46.0 Å². The SMILES string of the molecule is CCCC(=O)c1ccc(SCc2ccc(C(=O)O)cc2)cc1. The van der Waals surface area contributed by atoms with Gasteiger partial charge in [0.25, 0.3) is 0 Å². The van der Waals surface area contributed by atoms with Gasteiger partial charge in [-0.15, -0.1) is 11.8 Å². The van der Waals surface area contributed by atoms with Gasteiger partial charge in [-0.2, -0.15) is 0 Å². The Morgan fingerprint density at radius 3 is 2.09 bits per heavy atom. The van der Waals surface area contributed by atoms with E-state index in [0.29, 0.717) is 12.0 Å². The van der Waals surface area contributed by atoms with E-state index < -0.39 is 5.97 Å². The van der Waals surface area contributed by atoms with Gasteiger partial charge in [0, 0.05) is 22.6 Å². The number of Topliss-reactive ketones (excluding diaryl/α,β-unsaturated/α-hetero) is 1. The van der Waals surface area contributed by atoms with Crippen LogP contribution in [0.15, 0.2) is 53.4 Å². The van der Waals surface area contributed by atoms with E-state index in [4.69, 9.17) is 5.11 Å². The van der Waals surface area contributed by atoms with Crippen molar-refractivity contribution < 1.29 is 14.7 Å². The minimum Gasteiger partial charge on any atom is -0.478 e. The summed E-state index contributed by atoms with van der Waals surface area (Å²) in [4.78, 5) is 23.7. The molecule has 1 N–H and O–H groups in total. The second-order valence-corrected chi connectivity index (χ2v) is 6.04. The molecule has 0 unspecified atom stereocenters. The lowest BCUT2D eigenvalue weighted by atomic mass is 10.1. The fraction of sp³-hybridized carbons (Fsp3) is 0.222. The number of ketones is 1. The van der Waals surface area contributed by atoms with Crippen molar-refractivity contribution in [3.8, 4) is 0 Å². The fourth-order valence-corrected chi connectivity index (χ4v) is 2.87. The van der Waals surface area contributed by atoms with Crippen LogP contribution in [0.5, 0.6) is 0 Å². The zero-order valence-electron chi connectivity index (χ0n) is 12.4. The van der Waals surface area contributed by atoms with E-state index >= 15 is 0 Å². The largest absolute Gasteiger partial charge is 0.478 e. The lowest BCUT2D eigenvalue weighted by Gasteiger charge is -2.04. The van der Waals surface area contributed by atoms with Gasteiger partial charge < -0.3 is 5.11 Å². The molecule has 0 saturated carbocycles. The molecule has 0 aliphatic heterocycles. The number of carbonyl (C=O) groups is 2. The summed E-state index contributed by atoms with van der Waals surface area (Å²) < 4.78 is 0. The average molecular weight is 314 g/mol. The summed E-state index contributed by atoms with van der Waals surface area (Å²) >= 11 is 1.66. The van der Waals surface area contributed by atoms with Crippen LogP contribution in [0.3, 0.4) is 0 Å². The summed E-state index contributed by atoms with van der Waals surface area (Å²) in [5.41, 5.74) is 2.13. The number of rotatable bonds is 7. The van der Waals surface area contributed by atoms with Crippen molar-refractivity contribution in [2.24, 2.45) is 0 Å². The number of hydrogen-bond acceptors (Lipinski definition) is 3. The third-order valence-electron chi connectivity index (χ3n) is 3.26. The maximum absolute atomic E-state index is 11.8. The summed E-state index contributed by atoms with van der Waals surface area (Å²) in [5.74, 6) is 0.0390. The van der Waals surface area contributed by atoms with Gasteiger partial charge in [0.2, 0.25) is 0 Å². The Balaban J connectivity index is 1.94. The van der Waals surface area contributed by atoms with Crippen molar-refractivity contribution in [3.05, 3.63) is 65.2 Å². The van der Waals surface area contributed by atoms with Crippen molar-refractivity contribution >= 4 is 23.5 Å². The minimum atomic E-state index is -0.911. The van der Waals surface area contributed by atoms with Crippen LogP contribution >= 0.6 is 11.8 Å². The van der Waals surface area contributed by atoms with Gasteiger partial charge in [-0.1, -0.05) is 31.2 Å². The molecule has 0 aromatic heterocycles. The molecule has 3 nitrogen and oxygen atoms in total. The molecule has 0 atom stereocenters. The van der Waals surface area contributed by atoms with Crippen LogP contribution in [-0.4, -0.2) is 16.9 Å². The van der Waals surface area contributed by atoms with Crippen LogP contribution in [0.2, 0.25) is 0 Å². The molecule has 0 saturated heterocycles. The number of hydrogen-bond donors (Lipinski definition) is 1. The predicted octanol–water partition coefficient (Wildman–Crippen LogP) is 4.66. The minimum absolute atomic E-state index is 0.184. The Hall–Kier alpha value is -2.07. The van der Waals surface area contributed by atoms with E-state index in [2.05, 4.69) is 0 Å². The number of carboxylic acids is 1. The highest BCUT2D eigenvalue weighted by molar-refractivity contribution is 7.98. The van der Waals surface area contributed by atoms with E-state index in [1.54, 1.807) is 23.9 Å². The topological polar surface area (TPSA) is 54.4 Å². The van der Waals surface area contributed by atoms with Crippen LogP contribution in [0.4, 0.5) is 0 Å². The van der Waals surface area contributed by atoms with Crippen molar-refractivity contribution in [3.63, 3.8) is 0 Å². The van der Waals surface area contributed by atoms with E-state index in [1.165, 1.54) is 0 Å². The summed E-state index contributed by atoms with van der Waals surface area (Å²) in [7, 11) is 0. The Bertz CT molecular complexity index is 645. The normalized spacial score (nSPS) is 10.4. The number of aromatic carboxylic acids is 1. The molecular weight excluding hydrogens is 296 g/mol. The third kappa shape index (κ3) is 4.46. The van der Waals surface area contributed by atoms with E-state index in [9.17, 15) is 9.59 Å². The van der Waals surface area contributed by atoms with Crippen molar-refractivity contribution in [2.75, 3.05) is 0 Å². The molecule has 0 aliphatic rings. The molecule has 0 spiro atoms. The fourth-order valence-electron chi connectivity index (χ4n) is 2.02. The maximum atomic E-state index is 11.8. The molecule has 0 fully saturated rings. The van der Waals surface area contributed by atoms with Gasteiger partial charge in [0.15, 0.2) is 5.78 Å². The Morgan fingerprint density at radius 2 is 1.55 bits per heavy atom. The van der Waals surface area contributed by atoms with Crippen LogP contribution in [0.25, 0.3) is 0 Å². The summed E-state index contributed by atoms with van der Waals surface area (Å²) in [6, 6.07) is 14.5. The van der Waals surface area contributed by atoms with Crippen LogP contribution in [-0.2, 0) is 5.75 Å². The van der Waals surface area contributed by atoms with Crippen LogP contribution < -0.4 is 0 Å². The summed E-state index contributed by atoms with van der Waals surface area (Å²) in [6.07, 6.45) is 1.45. The van der Waals surface area contributed by atoms with Gasteiger partial charge >= 0.3 is 5.97 Å². The molecule has 0 heterocycles. The zero-order valence-corrected chi connectivity index (χ0v) is 13.2. The first kappa shape index (κ1) is 16.3. The summed E-state index contributed by atoms with van der Waals surface area (Å²) in [6.45, 7) is 2.00. The molecule has 2 rings (SSSR count). The predicted molar refractivity (Wildman–Crippen MR) is 88.6 cm³/mol. The standard InChI is InChI=1S/C18H18O3S/c1-2-3-17(19)14-8-10-16(11-9-14)22-12-13-4-6-15(7-5-13)18(20)21/h4-11H,2-3,12H2,1H3,(H,20,21). The van der Waals surface area contributed by atoms with Gasteiger partial charge in [-0.05, 0) is 36.2 Å². The molecule has 0 bridgehead atoms. The Morgan fingerprint density at radius 1 is 0.955 bits per heavy atom. The lowest BCUT2D eigenvalue weighted by molar-refractivity contribution is 0.0696. The smallest absolute Gasteiger partial charge is 0.335 e. The van der Waals surface area contributed by atoms with Gasteiger partial charge in [0.05, 0.1) is 5.56 Å². The highest BCUT2D eigenvalue weighted by atomic mass is 32.2. The first-order chi connectivity index (χ1) is 10.6. The zero-order chi connectivity index (χ0) is 15.9. The molecule has 0 amide bonds. The first-order valence-electron chi connectivity index (χ1n) is 7.18. The summed E-state index contributed by atoms with van der Waals surface area (Å²) in [5, 5.41) is 8.86. The van der Waals surface area contributed by atoms with Crippen molar-refractivity contribution in [1.29, 1.82) is 0 Å². The lowest BCUT2D eigenvalue weighted by Crippen LogP contribution is -1.97.